The summed E-state index contributed by atoms with van der Waals surface area (Å²) in [6.45, 7) is 0. The van der Waals surface area contributed by atoms with Gasteiger partial charge in [0.05, 0.1) is 17.6 Å². The summed E-state index contributed by atoms with van der Waals surface area (Å²) in [5.74, 6) is -1.12. The molecular formula is C14H13FN4O3. The van der Waals surface area contributed by atoms with Crippen molar-refractivity contribution in [2.45, 2.75) is 0 Å². The highest BCUT2D eigenvalue weighted by Crippen LogP contribution is 2.22. The first kappa shape index (κ1) is 15.2. The van der Waals surface area contributed by atoms with Gasteiger partial charge < -0.3 is 10.4 Å². The van der Waals surface area contributed by atoms with Crippen molar-refractivity contribution in [2.24, 2.45) is 7.05 Å². The van der Waals surface area contributed by atoms with Crippen LogP contribution in [0.5, 0.6) is 0 Å². The number of amides is 2. The first-order chi connectivity index (χ1) is 10.4. The molecular weight excluding hydrogens is 291 g/mol. The quantitative estimate of drug-likeness (QED) is 0.755. The Morgan fingerprint density at radius 1 is 1.32 bits per heavy atom. The van der Waals surface area contributed by atoms with Gasteiger partial charge in [-0.05, 0) is 24.3 Å². The number of rotatable bonds is 4. The molecule has 0 saturated heterocycles. The van der Waals surface area contributed by atoms with Crippen molar-refractivity contribution in [1.82, 2.24) is 9.78 Å². The lowest BCUT2D eigenvalue weighted by Gasteiger charge is -2.09. The number of nitrogens with one attached hydrogen (secondary N) is 2. The summed E-state index contributed by atoms with van der Waals surface area (Å²) < 4.78 is 14.8. The minimum Gasteiger partial charge on any atom is -0.465 e. The van der Waals surface area contributed by atoms with Crippen molar-refractivity contribution in [3.05, 3.63) is 48.0 Å². The minimum atomic E-state index is -1.31. The normalized spacial score (nSPS) is 10.6. The predicted molar refractivity (Wildman–Crippen MR) is 78.9 cm³/mol. The van der Waals surface area contributed by atoms with Gasteiger partial charge in [0.25, 0.3) is 0 Å². The van der Waals surface area contributed by atoms with Crippen LogP contribution in [-0.4, -0.2) is 26.9 Å². The summed E-state index contributed by atoms with van der Waals surface area (Å²) in [7, 11) is 1.74. The van der Waals surface area contributed by atoms with Crippen LogP contribution >= 0.6 is 0 Å². The molecule has 2 rings (SSSR count). The molecule has 3 N–H and O–H groups in total. The maximum atomic E-state index is 13.2. The molecule has 0 aliphatic carbocycles. The zero-order chi connectivity index (χ0) is 16.1. The Balaban J connectivity index is 2.12. The van der Waals surface area contributed by atoms with Crippen molar-refractivity contribution >= 4 is 29.5 Å². The third kappa shape index (κ3) is 4.17. The molecule has 7 nitrogen and oxygen atoms in total. The van der Waals surface area contributed by atoms with Crippen molar-refractivity contribution in [2.75, 3.05) is 10.6 Å². The van der Waals surface area contributed by atoms with Crippen LogP contribution in [-0.2, 0) is 11.8 Å². The molecule has 1 heterocycles. The lowest BCUT2D eigenvalue weighted by atomic mass is 10.2. The highest BCUT2D eigenvalue weighted by Gasteiger charge is 2.09. The molecule has 22 heavy (non-hydrogen) atoms. The van der Waals surface area contributed by atoms with Gasteiger partial charge in [-0.2, -0.15) is 5.10 Å². The van der Waals surface area contributed by atoms with E-state index in [2.05, 4.69) is 15.7 Å². The molecule has 114 valence electrons. The van der Waals surface area contributed by atoms with Crippen molar-refractivity contribution in [3.63, 3.8) is 0 Å². The zero-order valence-electron chi connectivity index (χ0n) is 11.6. The van der Waals surface area contributed by atoms with Crippen molar-refractivity contribution in [3.8, 4) is 0 Å². The van der Waals surface area contributed by atoms with E-state index in [0.29, 0.717) is 0 Å². The molecule has 0 unspecified atom stereocenters. The Kier molecular flexibility index (Phi) is 4.52. The van der Waals surface area contributed by atoms with Crippen LogP contribution in [0.4, 0.5) is 20.6 Å². The van der Waals surface area contributed by atoms with Gasteiger partial charge in [-0.25, -0.2) is 9.18 Å². The molecule has 2 amide bonds. The van der Waals surface area contributed by atoms with Gasteiger partial charge in [0.2, 0.25) is 5.91 Å². The van der Waals surface area contributed by atoms with Crippen LogP contribution in [0, 0.1) is 5.82 Å². The molecule has 0 atom stereocenters. The van der Waals surface area contributed by atoms with E-state index in [1.54, 1.807) is 24.1 Å². The summed E-state index contributed by atoms with van der Waals surface area (Å²) in [5.41, 5.74) is 0.834. The Labute approximate surface area is 125 Å². The molecule has 0 radical (unpaired) electrons. The summed E-state index contributed by atoms with van der Waals surface area (Å²) in [6.07, 6.45) is 4.75. The smallest absolute Gasteiger partial charge is 0.409 e. The first-order valence-electron chi connectivity index (χ1n) is 6.21. The van der Waals surface area contributed by atoms with E-state index >= 15 is 0 Å². The van der Waals surface area contributed by atoms with Gasteiger partial charge in [0.1, 0.15) is 5.82 Å². The fourth-order valence-corrected chi connectivity index (χ4v) is 1.72. The monoisotopic (exact) mass is 304 g/mol. The highest BCUT2D eigenvalue weighted by molar-refractivity contribution is 6.04. The van der Waals surface area contributed by atoms with Crippen LogP contribution < -0.4 is 10.6 Å². The number of carbonyl (C=O) groups excluding carboxylic acids is 1. The van der Waals surface area contributed by atoms with Crippen LogP contribution in [0.3, 0.4) is 0 Å². The molecule has 0 bridgehead atoms. The largest absolute Gasteiger partial charge is 0.465 e. The van der Waals surface area contributed by atoms with Gasteiger partial charge in [-0.15, -0.1) is 0 Å². The summed E-state index contributed by atoms with van der Waals surface area (Å²) in [4.78, 5) is 22.5. The van der Waals surface area contributed by atoms with Crippen LogP contribution in [0.1, 0.15) is 5.56 Å². The molecule has 0 saturated carbocycles. The Morgan fingerprint density at radius 2 is 2.09 bits per heavy atom. The minimum absolute atomic E-state index is 0.0308. The van der Waals surface area contributed by atoms with Crippen LogP contribution in [0.25, 0.3) is 6.08 Å². The average Bonchev–Trinajstić information content (AvgIpc) is 2.85. The SMILES string of the molecule is Cn1cc(/C=C/C(=O)Nc2cc(F)ccc2NC(=O)O)cn1. The van der Waals surface area contributed by atoms with Crippen molar-refractivity contribution in [1.29, 1.82) is 0 Å². The zero-order valence-corrected chi connectivity index (χ0v) is 11.6. The van der Waals surface area contributed by atoms with Crippen molar-refractivity contribution < 1.29 is 19.1 Å². The lowest BCUT2D eigenvalue weighted by molar-refractivity contribution is -0.111. The van der Waals surface area contributed by atoms with E-state index in [9.17, 15) is 14.0 Å². The Hall–Kier alpha value is -3.16. The van der Waals surface area contributed by atoms with E-state index in [0.717, 1.165) is 17.7 Å². The van der Waals surface area contributed by atoms with Gasteiger partial charge >= 0.3 is 6.09 Å². The molecule has 0 aliphatic heterocycles. The fourth-order valence-electron chi connectivity index (χ4n) is 1.72. The number of carbonyl (C=O) groups is 2. The van der Waals surface area contributed by atoms with E-state index in [1.807, 2.05) is 0 Å². The van der Waals surface area contributed by atoms with E-state index in [1.165, 1.54) is 18.2 Å². The average molecular weight is 304 g/mol. The molecule has 0 aliphatic rings. The van der Waals surface area contributed by atoms with Crippen LogP contribution in [0.2, 0.25) is 0 Å². The second kappa shape index (κ2) is 6.53. The summed E-state index contributed by atoms with van der Waals surface area (Å²) in [5, 5.41) is 17.2. The molecule has 0 spiro atoms. The number of aromatic nitrogens is 2. The molecule has 0 fully saturated rings. The third-order valence-corrected chi connectivity index (χ3v) is 2.63. The number of anilines is 2. The molecule has 1 aromatic carbocycles. The summed E-state index contributed by atoms with van der Waals surface area (Å²) in [6, 6.07) is 3.34. The second-order valence-corrected chi connectivity index (χ2v) is 4.39. The summed E-state index contributed by atoms with van der Waals surface area (Å²) >= 11 is 0. The van der Waals surface area contributed by atoms with Gasteiger partial charge in [0, 0.05) is 24.9 Å². The van der Waals surface area contributed by atoms with Crippen LogP contribution in [0.15, 0.2) is 36.7 Å². The Morgan fingerprint density at radius 3 is 2.73 bits per heavy atom. The van der Waals surface area contributed by atoms with Gasteiger partial charge in [-0.1, -0.05) is 0 Å². The number of carboxylic acid groups (broad SMARTS) is 1. The fraction of sp³-hybridized carbons (Fsp3) is 0.0714. The first-order valence-corrected chi connectivity index (χ1v) is 6.21. The highest BCUT2D eigenvalue weighted by atomic mass is 19.1. The number of halogens is 1. The maximum absolute atomic E-state index is 13.2. The number of aryl methyl sites for hydroxylation is 1. The van der Waals surface area contributed by atoms with E-state index in [4.69, 9.17) is 5.11 Å². The number of hydrogen-bond donors (Lipinski definition) is 3. The third-order valence-electron chi connectivity index (χ3n) is 2.63. The van der Waals surface area contributed by atoms with E-state index < -0.39 is 17.8 Å². The van der Waals surface area contributed by atoms with Gasteiger partial charge in [0.15, 0.2) is 0 Å². The second-order valence-electron chi connectivity index (χ2n) is 4.39. The number of hydrogen-bond acceptors (Lipinski definition) is 3. The molecule has 8 heteroatoms. The topological polar surface area (TPSA) is 96.2 Å². The number of benzene rings is 1. The van der Waals surface area contributed by atoms with Gasteiger partial charge in [-0.3, -0.25) is 14.8 Å². The Bertz CT molecular complexity index is 739. The molecule has 1 aromatic heterocycles. The number of nitrogens with zero attached hydrogens (tertiary/aromatic N) is 2. The molecule has 2 aromatic rings. The standard InChI is InChI=1S/C14H13FN4O3/c1-19-8-9(7-16-19)2-5-13(20)17-12-6-10(15)3-4-11(12)18-14(21)22/h2-8,18H,1H3,(H,17,20)(H,21,22)/b5-2+. The maximum Gasteiger partial charge on any atom is 0.409 e. The van der Waals surface area contributed by atoms with E-state index in [-0.39, 0.29) is 11.4 Å². The lowest BCUT2D eigenvalue weighted by Crippen LogP contribution is -2.13. The predicted octanol–water partition coefficient (Wildman–Crippen LogP) is 2.30.